The molecule has 1 atom stereocenters. The van der Waals surface area contributed by atoms with Gasteiger partial charge in [-0.25, -0.2) is 9.97 Å². The number of nitro benzene ring substituents is 1. The van der Waals surface area contributed by atoms with Crippen LogP contribution in [0.3, 0.4) is 0 Å². The van der Waals surface area contributed by atoms with E-state index in [4.69, 9.17) is 11.5 Å². The maximum absolute atomic E-state index is 11.6. The molecule has 0 radical (unpaired) electrons. The molecule has 3 rings (SSSR count). The molecule has 1 saturated heterocycles. The number of likely N-dealkylation sites (N-methyl/N-ethyl adjacent to an activating group) is 1. The summed E-state index contributed by atoms with van der Waals surface area (Å²) in [5.41, 5.74) is 13.0. The predicted octanol–water partition coefficient (Wildman–Crippen LogP) is 2.36. The molecule has 1 aromatic carbocycles. The highest BCUT2D eigenvalue weighted by Gasteiger charge is 2.27. The Morgan fingerprint density at radius 3 is 2.75 bits per heavy atom. The van der Waals surface area contributed by atoms with Crippen LogP contribution >= 0.6 is 0 Å². The lowest BCUT2D eigenvalue weighted by atomic mass is 10.1. The number of aryl methyl sites for hydroxylation is 1. The summed E-state index contributed by atoms with van der Waals surface area (Å²) in [4.78, 5) is 22.6. The summed E-state index contributed by atoms with van der Waals surface area (Å²) >= 11 is 0. The molecule has 1 aliphatic rings. The first-order valence-electron chi connectivity index (χ1n) is 9.57. The summed E-state index contributed by atoms with van der Waals surface area (Å²) < 4.78 is 0. The molecule has 28 heavy (non-hydrogen) atoms. The van der Waals surface area contributed by atoms with Crippen molar-refractivity contribution in [3.8, 4) is 11.4 Å². The smallest absolute Gasteiger partial charge is 0.305 e. The quantitative estimate of drug-likeness (QED) is 0.391. The minimum absolute atomic E-state index is 0.0495. The number of piperidine rings is 1. The van der Waals surface area contributed by atoms with E-state index in [9.17, 15) is 10.1 Å². The molecule has 2 heterocycles. The van der Waals surface area contributed by atoms with Crippen LogP contribution in [-0.4, -0.2) is 41.1 Å². The minimum Gasteiger partial charge on any atom is -0.398 e. The second-order valence-corrected chi connectivity index (χ2v) is 7.09. The standard InChI is InChI=1S/C19H27N7O2/c1-3-5-12-10-16(25-9-4-6-13(11-25)22-2)24-19(23-12)17-14(20)7-8-15(21)18(17)26(27)28/h7-8,10,13,22H,3-6,9,11,20-21H2,1-2H3. The van der Waals surface area contributed by atoms with Gasteiger partial charge in [-0.15, -0.1) is 0 Å². The number of nitrogens with two attached hydrogens (primary N) is 2. The van der Waals surface area contributed by atoms with Gasteiger partial charge < -0.3 is 21.7 Å². The van der Waals surface area contributed by atoms with Crippen LogP contribution in [0.2, 0.25) is 0 Å². The van der Waals surface area contributed by atoms with E-state index >= 15 is 0 Å². The zero-order valence-corrected chi connectivity index (χ0v) is 16.3. The molecule has 9 nitrogen and oxygen atoms in total. The van der Waals surface area contributed by atoms with Crippen LogP contribution in [0, 0.1) is 10.1 Å². The minimum atomic E-state index is -0.519. The van der Waals surface area contributed by atoms with E-state index in [0.717, 1.165) is 50.3 Å². The summed E-state index contributed by atoms with van der Waals surface area (Å²) in [6.07, 6.45) is 3.82. The van der Waals surface area contributed by atoms with Gasteiger partial charge in [-0.05, 0) is 38.4 Å². The van der Waals surface area contributed by atoms with Crippen molar-refractivity contribution in [1.82, 2.24) is 15.3 Å². The van der Waals surface area contributed by atoms with Crippen LogP contribution in [0.5, 0.6) is 0 Å². The highest BCUT2D eigenvalue weighted by Crippen LogP contribution is 2.38. The van der Waals surface area contributed by atoms with Gasteiger partial charge in [-0.2, -0.15) is 0 Å². The molecule has 9 heteroatoms. The molecule has 1 fully saturated rings. The number of nitro groups is 1. The van der Waals surface area contributed by atoms with Gasteiger partial charge >= 0.3 is 5.69 Å². The van der Waals surface area contributed by atoms with Crippen molar-refractivity contribution in [2.45, 2.75) is 38.6 Å². The van der Waals surface area contributed by atoms with Gasteiger partial charge in [0.15, 0.2) is 5.82 Å². The van der Waals surface area contributed by atoms with Crippen LogP contribution in [0.25, 0.3) is 11.4 Å². The fourth-order valence-corrected chi connectivity index (χ4v) is 3.62. The van der Waals surface area contributed by atoms with Crippen molar-refractivity contribution < 1.29 is 4.92 Å². The van der Waals surface area contributed by atoms with Crippen LogP contribution in [0.4, 0.5) is 22.9 Å². The average molecular weight is 385 g/mol. The predicted molar refractivity (Wildman–Crippen MR) is 111 cm³/mol. The Bertz CT molecular complexity index is 872. The van der Waals surface area contributed by atoms with Gasteiger partial charge in [0.25, 0.3) is 0 Å². The molecular weight excluding hydrogens is 358 g/mol. The molecule has 0 aliphatic carbocycles. The number of hydrogen-bond acceptors (Lipinski definition) is 8. The third-order valence-electron chi connectivity index (χ3n) is 5.07. The first-order chi connectivity index (χ1) is 13.4. The number of hydrogen-bond donors (Lipinski definition) is 3. The third-order valence-corrected chi connectivity index (χ3v) is 5.07. The fourth-order valence-electron chi connectivity index (χ4n) is 3.62. The van der Waals surface area contributed by atoms with Crippen molar-refractivity contribution >= 4 is 22.9 Å². The molecule has 0 bridgehead atoms. The largest absolute Gasteiger partial charge is 0.398 e. The Morgan fingerprint density at radius 1 is 1.32 bits per heavy atom. The highest BCUT2D eigenvalue weighted by molar-refractivity contribution is 5.87. The van der Waals surface area contributed by atoms with E-state index in [0.29, 0.717) is 6.04 Å². The van der Waals surface area contributed by atoms with Gasteiger partial charge in [-0.3, -0.25) is 10.1 Å². The summed E-state index contributed by atoms with van der Waals surface area (Å²) in [6, 6.07) is 5.36. The van der Waals surface area contributed by atoms with Crippen molar-refractivity contribution in [1.29, 1.82) is 0 Å². The number of nitrogens with zero attached hydrogens (tertiary/aromatic N) is 4. The molecule has 0 saturated carbocycles. The molecule has 0 spiro atoms. The summed E-state index contributed by atoms with van der Waals surface area (Å²) in [5.74, 6) is 1.02. The van der Waals surface area contributed by atoms with Crippen LogP contribution in [0.15, 0.2) is 18.2 Å². The molecule has 1 aliphatic heterocycles. The highest BCUT2D eigenvalue weighted by atomic mass is 16.6. The second-order valence-electron chi connectivity index (χ2n) is 7.09. The van der Waals surface area contributed by atoms with Gasteiger partial charge in [0, 0.05) is 36.6 Å². The van der Waals surface area contributed by atoms with Crippen molar-refractivity contribution in [2.75, 3.05) is 36.5 Å². The number of aromatic nitrogens is 2. The Balaban J connectivity index is 2.13. The van der Waals surface area contributed by atoms with Crippen LogP contribution < -0.4 is 21.7 Å². The maximum atomic E-state index is 11.6. The number of rotatable bonds is 6. The Labute approximate surface area is 164 Å². The lowest BCUT2D eigenvalue weighted by molar-refractivity contribution is -0.383. The molecular formula is C19H27N7O2. The Kier molecular flexibility index (Phi) is 5.93. The van der Waals surface area contributed by atoms with Crippen molar-refractivity contribution in [2.24, 2.45) is 0 Å². The van der Waals surface area contributed by atoms with E-state index in [2.05, 4.69) is 27.1 Å². The van der Waals surface area contributed by atoms with E-state index < -0.39 is 4.92 Å². The molecule has 5 N–H and O–H groups in total. The van der Waals surface area contributed by atoms with E-state index in [-0.39, 0.29) is 28.5 Å². The molecule has 1 aromatic heterocycles. The second kappa shape index (κ2) is 8.39. The van der Waals surface area contributed by atoms with Crippen molar-refractivity contribution in [3.63, 3.8) is 0 Å². The fraction of sp³-hybridized carbons (Fsp3) is 0.474. The molecule has 0 amide bonds. The number of nitrogens with one attached hydrogen (secondary N) is 1. The first kappa shape index (κ1) is 19.8. The average Bonchev–Trinajstić information content (AvgIpc) is 2.69. The SMILES string of the molecule is CCCc1cc(N2CCCC(NC)C2)nc(-c2c(N)ccc(N)c2[N+](=O)[O-])n1. The number of benzene rings is 1. The van der Waals surface area contributed by atoms with Crippen LogP contribution in [-0.2, 0) is 6.42 Å². The zero-order chi connectivity index (χ0) is 20.3. The topological polar surface area (TPSA) is 136 Å². The van der Waals surface area contributed by atoms with E-state index in [1.54, 1.807) is 6.07 Å². The summed E-state index contributed by atoms with van der Waals surface area (Å²) in [5, 5.41) is 15.0. The molecule has 2 aromatic rings. The van der Waals surface area contributed by atoms with Gasteiger partial charge in [0.05, 0.1) is 4.92 Å². The van der Waals surface area contributed by atoms with E-state index in [1.807, 2.05) is 13.1 Å². The lowest BCUT2D eigenvalue weighted by Crippen LogP contribution is -2.44. The molecule has 1 unspecified atom stereocenters. The summed E-state index contributed by atoms with van der Waals surface area (Å²) in [6.45, 7) is 3.78. The number of anilines is 3. The van der Waals surface area contributed by atoms with Gasteiger partial charge in [-0.1, -0.05) is 13.3 Å². The van der Waals surface area contributed by atoms with Gasteiger partial charge in [0.2, 0.25) is 0 Å². The third kappa shape index (κ3) is 3.99. The monoisotopic (exact) mass is 385 g/mol. The molecule has 150 valence electrons. The normalized spacial score (nSPS) is 16.9. The van der Waals surface area contributed by atoms with Crippen LogP contribution in [0.1, 0.15) is 31.9 Å². The zero-order valence-electron chi connectivity index (χ0n) is 16.3. The Hall–Kier alpha value is -2.94. The van der Waals surface area contributed by atoms with E-state index in [1.165, 1.54) is 6.07 Å². The lowest BCUT2D eigenvalue weighted by Gasteiger charge is -2.33. The first-order valence-corrected chi connectivity index (χ1v) is 9.57. The van der Waals surface area contributed by atoms with Gasteiger partial charge in [0.1, 0.15) is 17.1 Å². The maximum Gasteiger partial charge on any atom is 0.305 e. The van der Waals surface area contributed by atoms with Crippen molar-refractivity contribution in [3.05, 3.63) is 34.0 Å². The Morgan fingerprint density at radius 2 is 2.07 bits per heavy atom. The number of nitrogen functional groups attached to an aromatic ring is 2. The summed E-state index contributed by atoms with van der Waals surface area (Å²) in [7, 11) is 1.96.